The van der Waals surface area contributed by atoms with Crippen molar-refractivity contribution in [3.05, 3.63) is 0 Å². The molecule has 0 saturated carbocycles. The van der Waals surface area contributed by atoms with Crippen LogP contribution in [0, 0.1) is 0 Å². The molecule has 9 heteroatoms. The van der Waals surface area contributed by atoms with Gasteiger partial charge in [-0.2, -0.15) is 22.0 Å². The van der Waals surface area contributed by atoms with Crippen molar-refractivity contribution in [1.82, 2.24) is 0 Å². The highest BCUT2D eigenvalue weighted by molar-refractivity contribution is 8.02. The number of alkyl halides is 5. The summed E-state index contributed by atoms with van der Waals surface area (Å²) in [6, 6.07) is 0. The lowest BCUT2D eigenvalue weighted by molar-refractivity contribution is -0.0378. The number of rotatable bonds is 2. The summed E-state index contributed by atoms with van der Waals surface area (Å²) in [6.45, 7) is 0. The van der Waals surface area contributed by atoms with Gasteiger partial charge in [0.15, 0.2) is 0 Å². The van der Waals surface area contributed by atoms with Crippen molar-refractivity contribution in [3.8, 4) is 0 Å². The van der Waals surface area contributed by atoms with Crippen LogP contribution < -0.4 is 0 Å². The lowest BCUT2D eigenvalue weighted by atomic mass is 10.8. The highest BCUT2D eigenvalue weighted by Gasteiger charge is 2.48. The molecule has 0 aliphatic carbocycles. The maximum atomic E-state index is 12.1. The van der Waals surface area contributed by atoms with E-state index in [-0.39, 0.29) is 0 Å². The first-order valence-electron chi connectivity index (χ1n) is 2.18. The van der Waals surface area contributed by atoms with E-state index in [0.717, 1.165) is 0 Å². The van der Waals surface area contributed by atoms with E-state index in [2.05, 4.69) is 11.6 Å². The largest absolute Gasteiger partial charge is 0.447 e. The molecule has 72 valence electrons. The molecule has 0 bridgehead atoms. The van der Waals surface area contributed by atoms with E-state index in [1.807, 2.05) is 0 Å². The van der Waals surface area contributed by atoms with Crippen LogP contribution in [-0.2, 0) is 0 Å². The molecule has 12 heavy (non-hydrogen) atoms. The number of thioether (sulfide) groups is 1. The van der Waals surface area contributed by atoms with Crippen LogP contribution in [0.2, 0.25) is 0 Å². The molecule has 0 fully saturated rings. The monoisotopic (exact) mass is 231 g/mol. The molecule has 0 aromatic heterocycles. The second-order valence-corrected chi connectivity index (χ2v) is 2.98. The predicted molar refractivity (Wildman–Crippen MR) is 33.0 cm³/mol. The molecule has 0 atom stereocenters. The third-order valence-electron chi connectivity index (χ3n) is 0.558. The Balaban J connectivity index is 4.44. The number of hydrogen-bond acceptors (Lipinski definition) is 2. The molecule has 0 aliphatic rings. The Morgan fingerprint density at radius 1 is 1.17 bits per heavy atom. The quantitative estimate of drug-likeness (QED) is 0.524. The molecule has 1 nitrogen and oxygen atoms in total. The summed E-state index contributed by atoms with van der Waals surface area (Å²) in [5, 5.41) is -5.36. The maximum absolute atomic E-state index is 12.1. The normalized spacial score (nSPS) is 15.1. The number of nitrogens with zero attached hydrogens (tertiary/aromatic N) is 1. The second-order valence-electron chi connectivity index (χ2n) is 1.44. The minimum absolute atomic E-state index is 1.26. The highest BCUT2D eigenvalue weighted by atomic mass is 35.5. The van der Waals surface area contributed by atoms with Gasteiger partial charge in [0.1, 0.15) is 0 Å². The minimum Gasteiger partial charge on any atom is -0.185 e. The van der Waals surface area contributed by atoms with E-state index < -0.39 is 27.7 Å². The van der Waals surface area contributed by atoms with Gasteiger partial charge in [0.25, 0.3) is 0 Å². The zero-order chi connectivity index (χ0) is 9.99. The van der Waals surface area contributed by atoms with E-state index in [4.69, 9.17) is 0 Å². The van der Waals surface area contributed by atoms with Gasteiger partial charge in [0.2, 0.25) is 5.17 Å². The average molecular weight is 232 g/mol. The fourth-order valence-electron chi connectivity index (χ4n) is 0.237. The van der Waals surface area contributed by atoms with Gasteiger partial charge in [-0.1, -0.05) is 21.3 Å². The standard InChI is InChI=1S/C3ClF6NS/c4-1(11-10)2(5,6)12-3(7,8)9. The van der Waals surface area contributed by atoms with Crippen LogP contribution in [0.5, 0.6) is 0 Å². The molecule has 0 saturated heterocycles. The smallest absolute Gasteiger partial charge is 0.185 e. The van der Waals surface area contributed by atoms with Crippen LogP contribution in [-0.4, -0.2) is 15.9 Å². The van der Waals surface area contributed by atoms with Gasteiger partial charge in [-0.05, 0) is 0 Å². The van der Waals surface area contributed by atoms with Gasteiger partial charge >= 0.3 is 10.8 Å². The second kappa shape index (κ2) is 3.73. The van der Waals surface area contributed by atoms with Gasteiger partial charge in [-0.25, -0.2) is 0 Å². The highest BCUT2D eigenvalue weighted by Crippen LogP contribution is 2.44. The third kappa shape index (κ3) is 4.05. The Kier molecular flexibility index (Phi) is 3.70. The first-order valence-corrected chi connectivity index (χ1v) is 3.38. The van der Waals surface area contributed by atoms with Gasteiger partial charge in [0, 0.05) is 11.8 Å². The molecular formula is C3ClF6NS. The Morgan fingerprint density at radius 3 is 1.83 bits per heavy atom. The lowest BCUT2D eigenvalue weighted by Crippen LogP contribution is -2.24. The van der Waals surface area contributed by atoms with Crippen molar-refractivity contribution in [1.29, 1.82) is 0 Å². The molecule has 0 rings (SSSR count). The van der Waals surface area contributed by atoms with Crippen molar-refractivity contribution in [2.24, 2.45) is 5.21 Å². The molecule has 0 aromatic rings. The van der Waals surface area contributed by atoms with Crippen molar-refractivity contribution in [2.75, 3.05) is 0 Å². The summed E-state index contributed by atoms with van der Waals surface area (Å²) in [7, 11) is 0. The topological polar surface area (TPSA) is 12.4 Å². The molecule has 0 aromatic carbocycles. The Hall–Kier alpha value is -0.110. The van der Waals surface area contributed by atoms with Crippen molar-refractivity contribution >= 4 is 28.5 Å². The van der Waals surface area contributed by atoms with Crippen LogP contribution in [0.3, 0.4) is 0 Å². The Labute approximate surface area is 71.7 Å². The SMILES string of the molecule is FN=C(Cl)C(F)(F)SC(F)(F)F. The van der Waals surface area contributed by atoms with Crippen molar-refractivity contribution in [2.45, 2.75) is 10.8 Å². The first kappa shape index (κ1) is 11.9. The molecule has 0 spiro atoms. The molecule has 0 heterocycles. The number of hydrogen-bond donors (Lipinski definition) is 0. The summed E-state index contributed by atoms with van der Waals surface area (Å²) >= 11 is 2.62. The summed E-state index contributed by atoms with van der Waals surface area (Å²) in [5.74, 6) is 0. The fourth-order valence-corrected chi connectivity index (χ4v) is 0.762. The van der Waals surface area contributed by atoms with Gasteiger partial charge in [-0.15, -0.1) is 0 Å². The van der Waals surface area contributed by atoms with Gasteiger partial charge in [0.05, 0.1) is 0 Å². The Morgan fingerprint density at radius 2 is 1.58 bits per heavy atom. The average Bonchev–Trinajstić information content (AvgIpc) is 1.80. The van der Waals surface area contributed by atoms with E-state index in [1.165, 1.54) is 5.21 Å². The van der Waals surface area contributed by atoms with Gasteiger partial charge < -0.3 is 0 Å². The van der Waals surface area contributed by atoms with Crippen molar-refractivity contribution in [3.63, 3.8) is 0 Å². The van der Waals surface area contributed by atoms with Crippen molar-refractivity contribution < 1.29 is 26.4 Å². The molecule has 0 aliphatic heterocycles. The fraction of sp³-hybridized carbons (Fsp3) is 0.667. The Bertz CT molecular complexity index is 188. The zero-order valence-electron chi connectivity index (χ0n) is 5.00. The lowest BCUT2D eigenvalue weighted by Gasteiger charge is -2.13. The van der Waals surface area contributed by atoms with Crippen LogP contribution in [0.4, 0.5) is 26.4 Å². The first-order chi connectivity index (χ1) is 5.19. The van der Waals surface area contributed by atoms with Crippen LogP contribution in [0.15, 0.2) is 5.21 Å². The van der Waals surface area contributed by atoms with Crippen LogP contribution in [0.1, 0.15) is 0 Å². The maximum Gasteiger partial charge on any atom is 0.447 e. The molecule has 0 amide bonds. The van der Waals surface area contributed by atoms with Crippen LogP contribution >= 0.6 is 23.4 Å². The molecule has 0 radical (unpaired) electrons. The summed E-state index contributed by atoms with van der Waals surface area (Å²) in [5.41, 5.74) is -5.20. The summed E-state index contributed by atoms with van der Waals surface area (Å²) < 4.78 is 69.0. The van der Waals surface area contributed by atoms with Crippen LogP contribution in [0.25, 0.3) is 0 Å². The summed E-state index contributed by atoms with van der Waals surface area (Å²) in [4.78, 5) is 0. The third-order valence-corrected chi connectivity index (χ3v) is 1.65. The van der Waals surface area contributed by atoms with E-state index in [9.17, 15) is 26.4 Å². The molecule has 0 N–H and O–H groups in total. The van der Waals surface area contributed by atoms with E-state index in [1.54, 1.807) is 0 Å². The number of halogens is 7. The van der Waals surface area contributed by atoms with E-state index >= 15 is 0 Å². The molecular weight excluding hydrogens is 232 g/mol. The predicted octanol–water partition coefficient (Wildman–Crippen LogP) is 3.35. The zero-order valence-corrected chi connectivity index (χ0v) is 6.57. The van der Waals surface area contributed by atoms with E-state index in [0.29, 0.717) is 0 Å². The summed E-state index contributed by atoms with van der Waals surface area (Å²) in [6.07, 6.45) is 0. The molecule has 0 unspecified atom stereocenters. The van der Waals surface area contributed by atoms with Gasteiger partial charge in [-0.3, -0.25) is 0 Å². The minimum atomic E-state index is -5.20.